The first kappa shape index (κ1) is 15.3. The number of nitrogens with zero attached hydrogens (tertiary/aromatic N) is 2. The van der Waals surface area contributed by atoms with Gasteiger partial charge in [-0.25, -0.2) is 4.79 Å². The lowest BCUT2D eigenvalue weighted by Crippen LogP contribution is -2.54. The molecule has 1 fully saturated rings. The van der Waals surface area contributed by atoms with Crippen LogP contribution in [0.3, 0.4) is 0 Å². The van der Waals surface area contributed by atoms with Gasteiger partial charge in [0.2, 0.25) is 0 Å². The zero-order valence-corrected chi connectivity index (χ0v) is 14.2. The third-order valence-corrected chi connectivity index (χ3v) is 5.73. The summed E-state index contributed by atoms with van der Waals surface area (Å²) in [4.78, 5) is 16.2. The number of rotatable bonds is 2. The number of ether oxygens (including phenoxy) is 1. The molecule has 0 N–H and O–H groups in total. The molecule has 2 unspecified atom stereocenters. The van der Waals surface area contributed by atoms with Crippen molar-refractivity contribution in [3.05, 3.63) is 53.9 Å². The van der Waals surface area contributed by atoms with Crippen molar-refractivity contribution in [2.45, 2.75) is 37.6 Å². The molecule has 0 amide bonds. The van der Waals surface area contributed by atoms with Gasteiger partial charge >= 0.3 is 5.97 Å². The van der Waals surface area contributed by atoms with E-state index in [9.17, 15) is 4.79 Å². The minimum atomic E-state index is -0.353. The van der Waals surface area contributed by atoms with E-state index < -0.39 is 0 Å². The highest BCUT2D eigenvalue weighted by Crippen LogP contribution is 2.48. The largest absolute Gasteiger partial charge is 0.423 e. The van der Waals surface area contributed by atoms with Gasteiger partial charge in [-0.1, -0.05) is 0 Å². The predicted octanol–water partition coefficient (Wildman–Crippen LogP) is 3.91. The molecule has 24 heavy (non-hydrogen) atoms. The number of hydrogen-bond donors (Lipinski definition) is 0. The number of quaternary nitrogens is 1. The normalized spacial score (nSPS) is 24.1. The lowest BCUT2D eigenvalue weighted by Gasteiger charge is -2.47. The van der Waals surface area contributed by atoms with Crippen LogP contribution in [0.1, 0.15) is 47.5 Å². The van der Waals surface area contributed by atoms with Gasteiger partial charge < -0.3 is 4.74 Å². The molecule has 1 aliphatic heterocycles. The maximum atomic E-state index is 12.3. The van der Waals surface area contributed by atoms with E-state index in [0.29, 0.717) is 23.3 Å². The molecular weight excluding hydrogens is 300 g/mol. The number of benzene rings is 1. The smallest absolute Gasteiger partial charge is 0.345 e. The topological polar surface area (TPSA) is 39.2 Å². The number of carbonyl (C=O) groups is 1. The van der Waals surface area contributed by atoms with Crippen molar-refractivity contribution in [2.75, 3.05) is 14.1 Å². The van der Waals surface area contributed by atoms with Crippen molar-refractivity contribution >= 4 is 11.7 Å². The van der Waals surface area contributed by atoms with Gasteiger partial charge in [0.15, 0.2) is 0 Å². The average Bonchev–Trinajstić information content (AvgIpc) is 2.61. The SMILES string of the molecule is C[N+]1(C)c2ccc(OC(=O)c3cccnc3)cc2C2CCCC1C2. The van der Waals surface area contributed by atoms with Crippen molar-refractivity contribution in [3.8, 4) is 5.75 Å². The van der Waals surface area contributed by atoms with E-state index in [2.05, 4.69) is 31.2 Å². The van der Waals surface area contributed by atoms with Crippen molar-refractivity contribution in [1.29, 1.82) is 0 Å². The molecule has 124 valence electrons. The van der Waals surface area contributed by atoms with Gasteiger partial charge in [0, 0.05) is 30.4 Å². The molecular formula is C20H23N2O2+. The predicted molar refractivity (Wildman–Crippen MR) is 94.3 cm³/mol. The summed E-state index contributed by atoms with van der Waals surface area (Å²) >= 11 is 0. The lowest BCUT2D eigenvalue weighted by atomic mass is 9.75. The van der Waals surface area contributed by atoms with Crippen LogP contribution in [0.25, 0.3) is 0 Å². The summed E-state index contributed by atoms with van der Waals surface area (Å²) in [5, 5.41) is 0. The second-order valence-electron chi connectivity index (χ2n) is 7.41. The molecule has 2 aromatic rings. The van der Waals surface area contributed by atoms with Crippen molar-refractivity contribution in [1.82, 2.24) is 9.47 Å². The molecule has 4 rings (SSSR count). The molecule has 1 aliphatic carbocycles. The minimum absolute atomic E-state index is 0.353. The molecule has 2 bridgehead atoms. The van der Waals surface area contributed by atoms with Crippen molar-refractivity contribution in [3.63, 3.8) is 0 Å². The summed E-state index contributed by atoms with van der Waals surface area (Å²) in [6, 6.07) is 10.3. The number of aromatic nitrogens is 1. The highest BCUT2D eigenvalue weighted by atomic mass is 16.5. The van der Waals surface area contributed by atoms with Crippen LogP contribution in [-0.4, -0.2) is 31.1 Å². The summed E-state index contributed by atoms with van der Waals surface area (Å²) in [6.45, 7) is 0. The number of fused-ring (bicyclic) bond motifs is 4. The zero-order valence-electron chi connectivity index (χ0n) is 14.2. The van der Waals surface area contributed by atoms with Crippen molar-refractivity contribution < 1.29 is 9.53 Å². The van der Waals surface area contributed by atoms with Crippen LogP contribution in [0, 0.1) is 0 Å². The Bertz CT molecular complexity index is 770. The standard InChI is InChI=1S/C20H23N2O2/c1-22(2)16-7-3-5-14(11-16)18-12-17(8-9-19(18)22)24-20(23)15-6-4-10-21-13-15/h4,6,8-10,12-14,16H,3,5,7,11H2,1-2H3/q+1. The van der Waals surface area contributed by atoms with Crippen LogP contribution in [-0.2, 0) is 0 Å². The molecule has 2 aliphatic rings. The first-order chi connectivity index (χ1) is 11.6. The number of carbonyl (C=O) groups excluding carboxylic acids is 1. The van der Waals surface area contributed by atoms with E-state index in [-0.39, 0.29) is 5.97 Å². The zero-order chi connectivity index (χ0) is 16.7. The fraction of sp³-hybridized carbons (Fsp3) is 0.400. The molecule has 1 aromatic carbocycles. The van der Waals surface area contributed by atoms with Crippen LogP contribution in [0.15, 0.2) is 42.7 Å². The monoisotopic (exact) mass is 323 g/mol. The van der Waals surface area contributed by atoms with E-state index in [4.69, 9.17) is 4.74 Å². The van der Waals surface area contributed by atoms with Gasteiger partial charge in [-0.2, -0.15) is 0 Å². The number of pyridine rings is 1. The number of esters is 1. The third-order valence-electron chi connectivity index (χ3n) is 5.73. The Morgan fingerprint density at radius 2 is 2.12 bits per heavy atom. The highest BCUT2D eigenvalue weighted by molar-refractivity contribution is 5.90. The van der Waals surface area contributed by atoms with Gasteiger partial charge in [0.05, 0.1) is 25.7 Å². The third kappa shape index (κ3) is 2.51. The van der Waals surface area contributed by atoms with Crippen LogP contribution in [0.5, 0.6) is 5.75 Å². The summed E-state index contributed by atoms with van der Waals surface area (Å²) in [5.74, 6) is 0.878. The van der Waals surface area contributed by atoms with E-state index in [0.717, 1.165) is 4.48 Å². The van der Waals surface area contributed by atoms with Crippen LogP contribution in [0.2, 0.25) is 0 Å². The van der Waals surface area contributed by atoms with E-state index in [1.165, 1.54) is 43.1 Å². The number of hydrogen-bond acceptors (Lipinski definition) is 3. The fourth-order valence-corrected chi connectivity index (χ4v) is 4.33. The Labute approximate surface area is 142 Å². The molecule has 1 saturated carbocycles. The molecule has 4 heteroatoms. The van der Waals surface area contributed by atoms with Crippen LogP contribution in [0.4, 0.5) is 5.69 Å². The van der Waals surface area contributed by atoms with Crippen LogP contribution >= 0.6 is 0 Å². The molecule has 0 spiro atoms. The maximum Gasteiger partial charge on any atom is 0.345 e. The lowest BCUT2D eigenvalue weighted by molar-refractivity contribution is 0.0734. The second kappa shape index (κ2) is 5.71. The second-order valence-corrected chi connectivity index (χ2v) is 7.41. The summed E-state index contributed by atoms with van der Waals surface area (Å²) in [7, 11) is 4.60. The van der Waals surface area contributed by atoms with E-state index >= 15 is 0 Å². The van der Waals surface area contributed by atoms with Gasteiger partial charge in [-0.3, -0.25) is 9.47 Å². The summed E-state index contributed by atoms with van der Waals surface area (Å²) in [6.07, 6.45) is 8.25. The Balaban J connectivity index is 1.65. The first-order valence-corrected chi connectivity index (χ1v) is 8.66. The van der Waals surface area contributed by atoms with E-state index in [1.54, 1.807) is 18.3 Å². The van der Waals surface area contributed by atoms with Gasteiger partial charge in [0.25, 0.3) is 0 Å². The quantitative estimate of drug-likeness (QED) is 0.478. The van der Waals surface area contributed by atoms with Crippen LogP contribution < -0.4 is 9.22 Å². The van der Waals surface area contributed by atoms with Gasteiger partial charge in [-0.15, -0.1) is 0 Å². The van der Waals surface area contributed by atoms with E-state index in [1.807, 2.05) is 6.07 Å². The Kier molecular flexibility index (Phi) is 3.65. The molecule has 1 aromatic heterocycles. The summed E-state index contributed by atoms with van der Waals surface area (Å²) in [5.41, 5.74) is 3.20. The average molecular weight is 323 g/mol. The molecule has 2 heterocycles. The molecule has 0 radical (unpaired) electrons. The maximum absolute atomic E-state index is 12.3. The summed E-state index contributed by atoms with van der Waals surface area (Å²) < 4.78 is 6.52. The van der Waals surface area contributed by atoms with Crippen molar-refractivity contribution in [2.24, 2.45) is 0 Å². The fourth-order valence-electron chi connectivity index (χ4n) is 4.33. The van der Waals surface area contributed by atoms with Gasteiger partial charge in [-0.05, 0) is 49.4 Å². The molecule has 0 saturated heterocycles. The Hall–Kier alpha value is -2.20. The molecule has 2 atom stereocenters. The Morgan fingerprint density at radius 3 is 2.92 bits per heavy atom. The highest BCUT2D eigenvalue weighted by Gasteiger charge is 2.43. The Morgan fingerprint density at radius 1 is 1.25 bits per heavy atom. The molecule has 4 nitrogen and oxygen atoms in total. The first-order valence-electron chi connectivity index (χ1n) is 8.66. The van der Waals surface area contributed by atoms with Gasteiger partial charge in [0.1, 0.15) is 11.4 Å². The minimum Gasteiger partial charge on any atom is -0.423 e.